The fourth-order valence-electron chi connectivity index (χ4n) is 14.2. The molecule has 1 heterocycles. The summed E-state index contributed by atoms with van der Waals surface area (Å²) in [7, 11) is 0. The molecular weight excluding hydrogens is 843 g/mol. The molecule has 7 unspecified atom stereocenters. The SMILES string of the molecule is CC1CC=CC(C2=CCCCC2C2=CC3C(C=C2)c2cc4c(-c5ccccc5)c5c(c(-c6ccccc6)c4c4c2C3CC=C4)-c2cccc3c(-c4ccccc4C4=CC=CCC(C)C4C)ccc-5c23)=N1. The van der Waals surface area contributed by atoms with Gasteiger partial charge in [0.15, 0.2) is 0 Å². The Kier molecular flexibility index (Phi) is 9.88. The topological polar surface area (TPSA) is 12.4 Å². The molecule has 0 saturated heterocycles. The standard InChI is InChI=1S/C69H59N/c1-41-19-10-11-25-47(43(41)3)49-27-13-14-28-50(49)51-37-38-58-65-54(51)30-17-33-57(65)69-64(45-23-8-5-9-24-45)67-56-32-18-31-55-59-39-46(48-26-12-15-29-53(48)62-34-16-20-42(2)70-62)35-36-52(59)60(66(55)56)40-61(67)63(68(58)69)44-21-6-4-7-22-44/h4-11,13-14,16-18,21-25,27-30,32-43,48,52,55,59H,12,15,19-20,26,31H2,1-3H3. The summed E-state index contributed by atoms with van der Waals surface area (Å²) in [5.41, 5.74) is 24.8. The average Bonchev–Trinajstić information content (AvgIpc) is 3.85. The Bertz CT molecular complexity index is 3600. The van der Waals surface area contributed by atoms with Crippen molar-refractivity contribution < 1.29 is 0 Å². The molecule has 0 amide bonds. The summed E-state index contributed by atoms with van der Waals surface area (Å²) in [5, 5.41) is 5.46. The molecule has 1 heteroatoms. The van der Waals surface area contributed by atoms with Crippen molar-refractivity contribution in [2.45, 2.75) is 77.2 Å². The number of hydrogen-bond donors (Lipinski definition) is 0. The van der Waals surface area contributed by atoms with E-state index in [1.807, 2.05) is 0 Å². The number of dihydropyridines is 1. The molecule has 0 fully saturated rings. The van der Waals surface area contributed by atoms with Crippen molar-refractivity contribution >= 4 is 38.9 Å². The van der Waals surface area contributed by atoms with Crippen LogP contribution in [0.15, 0.2) is 198 Å². The molecule has 340 valence electrons. The normalized spacial score (nSPS) is 24.7. The Hall–Kier alpha value is -7.09. The first-order chi connectivity index (χ1) is 34.5. The summed E-state index contributed by atoms with van der Waals surface area (Å²) in [6.07, 6.45) is 33.8. The van der Waals surface area contributed by atoms with Crippen LogP contribution in [0.3, 0.4) is 0 Å². The van der Waals surface area contributed by atoms with Gasteiger partial charge in [-0.1, -0.05) is 190 Å². The number of rotatable bonds is 6. The van der Waals surface area contributed by atoms with Gasteiger partial charge in [-0.3, -0.25) is 4.99 Å². The van der Waals surface area contributed by atoms with E-state index < -0.39 is 0 Å². The zero-order chi connectivity index (χ0) is 46.6. The van der Waals surface area contributed by atoms with Gasteiger partial charge in [0.2, 0.25) is 0 Å². The summed E-state index contributed by atoms with van der Waals surface area (Å²) in [6, 6.07) is 47.0. The third kappa shape index (κ3) is 6.33. The fourth-order valence-corrected chi connectivity index (χ4v) is 14.2. The van der Waals surface area contributed by atoms with E-state index >= 15 is 0 Å². The monoisotopic (exact) mass is 901 g/mol. The molecule has 0 bridgehead atoms. The number of aliphatic imine (C=N–C) groups is 1. The lowest BCUT2D eigenvalue weighted by molar-refractivity contribution is 0.480. The van der Waals surface area contributed by atoms with Gasteiger partial charge in [-0.05, 0) is 197 Å². The van der Waals surface area contributed by atoms with Gasteiger partial charge in [0.1, 0.15) is 0 Å². The van der Waals surface area contributed by atoms with Crippen LogP contribution in [0.5, 0.6) is 0 Å². The van der Waals surface area contributed by atoms with Gasteiger partial charge in [0.25, 0.3) is 0 Å². The van der Waals surface area contributed by atoms with E-state index in [-0.39, 0.29) is 0 Å². The lowest BCUT2D eigenvalue weighted by atomic mass is 9.73. The molecule has 1 aliphatic heterocycles. The van der Waals surface area contributed by atoms with Gasteiger partial charge in [0.05, 0.1) is 11.8 Å². The highest BCUT2D eigenvalue weighted by Crippen LogP contribution is 2.63. The number of nitrogens with zero attached hydrogens (tertiary/aromatic N) is 1. The molecular formula is C69H59N. The number of allylic oxidation sites excluding steroid dienone is 12. The second kappa shape index (κ2) is 16.5. The maximum absolute atomic E-state index is 5.20. The minimum atomic E-state index is 0.333. The molecule has 0 saturated carbocycles. The van der Waals surface area contributed by atoms with Crippen LogP contribution >= 0.6 is 0 Å². The first kappa shape index (κ1) is 41.8. The van der Waals surface area contributed by atoms with E-state index in [2.05, 4.69) is 209 Å². The van der Waals surface area contributed by atoms with E-state index in [9.17, 15) is 0 Å². The van der Waals surface area contributed by atoms with Crippen molar-refractivity contribution in [1.29, 1.82) is 0 Å². The first-order valence-corrected chi connectivity index (χ1v) is 26.4. The molecule has 0 aromatic heterocycles. The second-order valence-electron chi connectivity index (χ2n) is 21.5. The lowest BCUT2D eigenvalue weighted by Crippen LogP contribution is -2.22. The van der Waals surface area contributed by atoms with Crippen molar-refractivity contribution in [3.05, 3.63) is 215 Å². The quantitative estimate of drug-likeness (QED) is 0.158. The van der Waals surface area contributed by atoms with E-state index in [4.69, 9.17) is 4.99 Å². The van der Waals surface area contributed by atoms with Crippen LogP contribution in [0, 0.1) is 23.7 Å². The van der Waals surface area contributed by atoms with Crippen molar-refractivity contribution in [3.63, 3.8) is 0 Å². The van der Waals surface area contributed by atoms with Crippen molar-refractivity contribution in [2.24, 2.45) is 28.7 Å². The first-order valence-electron chi connectivity index (χ1n) is 26.4. The van der Waals surface area contributed by atoms with E-state index in [1.54, 1.807) is 5.56 Å². The molecule has 7 aromatic carbocycles. The summed E-state index contributed by atoms with van der Waals surface area (Å²) in [5.74, 6) is 2.60. The van der Waals surface area contributed by atoms with Crippen LogP contribution in [-0.2, 0) is 0 Å². The molecule has 0 N–H and O–H groups in total. The second-order valence-corrected chi connectivity index (χ2v) is 21.5. The van der Waals surface area contributed by atoms with Crippen LogP contribution < -0.4 is 0 Å². The zero-order valence-corrected chi connectivity index (χ0v) is 40.6. The summed E-state index contributed by atoms with van der Waals surface area (Å²) in [4.78, 5) is 5.20. The highest BCUT2D eigenvalue weighted by molar-refractivity contribution is 6.30. The average molecular weight is 902 g/mol. The van der Waals surface area contributed by atoms with Gasteiger partial charge in [-0.2, -0.15) is 0 Å². The summed E-state index contributed by atoms with van der Waals surface area (Å²) >= 11 is 0. The van der Waals surface area contributed by atoms with Gasteiger partial charge < -0.3 is 0 Å². The van der Waals surface area contributed by atoms with Crippen LogP contribution in [-0.4, -0.2) is 11.8 Å². The van der Waals surface area contributed by atoms with Gasteiger partial charge in [-0.15, -0.1) is 0 Å². The summed E-state index contributed by atoms with van der Waals surface area (Å²) < 4.78 is 0. The van der Waals surface area contributed by atoms with Crippen molar-refractivity contribution in [1.82, 2.24) is 0 Å². The minimum absolute atomic E-state index is 0.333. The molecule has 70 heavy (non-hydrogen) atoms. The molecule has 0 radical (unpaired) electrons. The lowest BCUT2D eigenvalue weighted by Gasteiger charge is -2.32. The predicted octanol–water partition coefficient (Wildman–Crippen LogP) is 18.5. The van der Waals surface area contributed by atoms with Crippen molar-refractivity contribution in [3.8, 4) is 55.6 Å². The third-order valence-electron chi connectivity index (χ3n) is 17.6. The molecule has 6 aliphatic carbocycles. The van der Waals surface area contributed by atoms with E-state index in [1.165, 1.54) is 129 Å². The molecule has 1 nitrogen and oxygen atoms in total. The van der Waals surface area contributed by atoms with E-state index in [0.717, 1.165) is 25.7 Å². The van der Waals surface area contributed by atoms with Crippen LogP contribution in [0.25, 0.3) is 88.8 Å². The van der Waals surface area contributed by atoms with Crippen LogP contribution in [0.2, 0.25) is 0 Å². The number of fused-ring (bicyclic) bond motifs is 8. The maximum atomic E-state index is 5.20. The molecule has 7 aliphatic rings. The number of hydrogen-bond acceptors (Lipinski definition) is 1. The van der Waals surface area contributed by atoms with E-state index in [0.29, 0.717) is 41.5 Å². The summed E-state index contributed by atoms with van der Waals surface area (Å²) in [6.45, 7) is 7.08. The van der Waals surface area contributed by atoms with Gasteiger partial charge >= 0.3 is 0 Å². The van der Waals surface area contributed by atoms with Crippen LogP contribution in [0.4, 0.5) is 0 Å². The van der Waals surface area contributed by atoms with Gasteiger partial charge in [0, 0.05) is 11.8 Å². The Morgan fingerprint density at radius 3 is 2.13 bits per heavy atom. The minimum Gasteiger partial charge on any atom is -0.282 e. The van der Waals surface area contributed by atoms with Gasteiger partial charge in [-0.25, -0.2) is 0 Å². The Balaban J connectivity index is 1.01. The molecule has 7 atom stereocenters. The highest BCUT2D eigenvalue weighted by Gasteiger charge is 2.44. The van der Waals surface area contributed by atoms with Crippen molar-refractivity contribution in [2.75, 3.05) is 0 Å². The third-order valence-corrected chi connectivity index (χ3v) is 17.6. The Morgan fingerprint density at radius 2 is 1.30 bits per heavy atom. The maximum Gasteiger partial charge on any atom is 0.0609 e. The molecule has 14 rings (SSSR count). The zero-order valence-electron chi connectivity index (χ0n) is 40.6. The number of benzene rings is 7. The molecule has 7 aromatic rings. The Labute approximate surface area is 413 Å². The smallest absolute Gasteiger partial charge is 0.0609 e. The largest absolute Gasteiger partial charge is 0.282 e. The highest BCUT2D eigenvalue weighted by atomic mass is 14.8. The Morgan fingerprint density at radius 1 is 0.571 bits per heavy atom. The van der Waals surface area contributed by atoms with Crippen LogP contribution in [0.1, 0.15) is 93.4 Å². The molecule has 0 spiro atoms. The fraction of sp³-hybridized carbons (Fsp3) is 0.232. The predicted molar refractivity (Wildman–Crippen MR) is 298 cm³/mol.